The summed E-state index contributed by atoms with van der Waals surface area (Å²) in [6.07, 6.45) is 0. The molecule has 1 unspecified atom stereocenters. The molecule has 0 aromatic rings. The average Bonchev–Trinajstić information content (AvgIpc) is 1.87. The first kappa shape index (κ1) is 14.2. The van der Waals surface area contributed by atoms with E-state index >= 15 is 0 Å². The predicted octanol–water partition coefficient (Wildman–Crippen LogP) is -2.15. The van der Waals surface area contributed by atoms with Crippen LogP contribution in [0.4, 0.5) is 0 Å². The third-order valence-electron chi connectivity index (χ3n) is 0.744. The van der Waals surface area contributed by atoms with Crippen LogP contribution < -0.4 is 29.6 Å². The standard InChI is InChI=1S/C5H8O3S2.Na.H/c1-2-8-5(10)3(9)4(6)7;;/h3,9H,2H2,1H3,(H,6,7);;/q;+1;-1. The summed E-state index contributed by atoms with van der Waals surface area (Å²) in [6.45, 7) is 2.11. The van der Waals surface area contributed by atoms with Gasteiger partial charge in [-0.25, -0.2) is 0 Å². The van der Waals surface area contributed by atoms with Crippen molar-refractivity contribution >= 4 is 35.9 Å². The molecule has 1 atom stereocenters. The maximum Gasteiger partial charge on any atom is 1.00 e. The van der Waals surface area contributed by atoms with Crippen LogP contribution in [-0.4, -0.2) is 28.0 Å². The third kappa shape index (κ3) is 5.93. The van der Waals surface area contributed by atoms with Crippen molar-refractivity contribution < 1.29 is 45.6 Å². The number of ether oxygens (including phenoxy) is 1. The quantitative estimate of drug-likeness (QED) is 0.313. The molecule has 0 bridgehead atoms. The van der Waals surface area contributed by atoms with Gasteiger partial charge in [-0.05, 0) is 19.1 Å². The minimum absolute atomic E-state index is 0. The summed E-state index contributed by atoms with van der Waals surface area (Å²) in [6, 6.07) is 0. The molecule has 0 amide bonds. The normalized spacial score (nSPS) is 11.1. The topological polar surface area (TPSA) is 46.5 Å². The number of carboxylic acid groups (broad SMARTS) is 1. The predicted molar refractivity (Wildman–Crippen MR) is 45.7 cm³/mol. The van der Waals surface area contributed by atoms with Gasteiger partial charge >= 0.3 is 35.5 Å². The van der Waals surface area contributed by atoms with Crippen molar-refractivity contribution in [2.24, 2.45) is 0 Å². The van der Waals surface area contributed by atoms with Crippen molar-refractivity contribution in [2.45, 2.75) is 12.2 Å². The third-order valence-corrected chi connectivity index (χ3v) is 1.73. The molecule has 6 heteroatoms. The Kier molecular flexibility index (Phi) is 9.54. The van der Waals surface area contributed by atoms with Crippen LogP contribution in [0.25, 0.3) is 0 Å². The monoisotopic (exact) mass is 204 g/mol. The van der Waals surface area contributed by atoms with E-state index in [9.17, 15) is 4.79 Å². The number of aliphatic carboxylic acids is 1. The second-order valence-corrected chi connectivity index (χ2v) is 2.41. The fourth-order valence-electron chi connectivity index (χ4n) is 0.322. The molecule has 0 aromatic heterocycles. The van der Waals surface area contributed by atoms with Gasteiger partial charge in [0.15, 0.2) is 10.3 Å². The smallest absolute Gasteiger partial charge is 1.00 e. The molecule has 0 heterocycles. The summed E-state index contributed by atoms with van der Waals surface area (Å²) in [4.78, 5) is 10.2. The zero-order chi connectivity index (χ0) is 8.15. The van der Waals surface area contributed by atoms with Crippen molar-refractivity contribution in [1.29, 1.82) is 0 Å². The summed E-state index contributed by atoms with van der Waals surface area (Å²) in [7, 11) is 0. The fourth-order valence-corrected chi connectivity index (χ4v) is 0.615. The fraction of sp³-hybridized carbons (Fsp3) is 0.600. The number of thiol groups is 1. The molecule has 0 aromatic carbocycles. The van der Waals surface area contributed by atoms with E-state index in [1.165, 1.54) is 0 Å². The molecule has 0 saturated heterocycles. The minimum atomic E-state index is -1.08. The van der Waals surface area contributed by atoms with Gasteiger partial charge in [-0.3, -0.25) is 4.79 Å². The van der Waals surface area contributed by atoms with Gasteiger partial charge in [0.25, 0.3) is 0 Å². The van der Waals surface area contributed by atoms with Crippen LogP contribution >= 0.6 is 24.8 Å². The van der Waals surface area contributed by atoms with Gasteiger partial charge in [-0.2, -0.15) is 12.6 Å². The first-order valence-electron chi connectivity index (χ1n) is 2.67. The SMILES string of the molecule is CCOC(=S)C(S)C(=O)O.[H-].[Na+]. The Balaban J connectivity index is -0.000000405. The van der Waals surface area contributed by atoms with Crippen molar-refractivity contribution in [1.82, 2.24) is 0 Å². The average molecular weight is 204 g/mol. The van der Waals surface area contributed by atoms with Gasteiger partial charge in [0.05, 0.1) is 6.61 Å². The zero-order valence-corrected chi connectivity index (χ0v) is 10.1. The molecule has 0 radical (unpaired) electrons. The van der Waals surface area contributed by atoms with Gasteiger partial charge in [0.2, 0.25) is 0 Å². The molecule has 0 aliphatic heterocycles. The molecule has 0 fully saturated rings. The van der Waals surface area contributed by atoms with Crippen molar-refractivity contribution in [3.63, 3.8) is 0 Å². The van der Waals surface area contributed by atoms with E-state index in [0.29, 0.717) is 6.61 Å². The van der Waals surface area contributed by atoms with E-state index in [4.69, 9.17) is 9.84 Å². The van der Waals surface area contributed by atoms with Crippen molar-refractivity contribution in [3.8, 4) is 0 Å². The summed E-state index contributed by atoms with van der Waals surface area (Å²) in [5.41, 5.74) is 0. The molecule has 0 aliphatic carbocycles. The molecule has 3 nitrogen and oxygen atoms in total. The van der Waals surface area contributed by atoms with Crippen LogP contribution in [0, 0.1) is 0 Å². The van der Waals surface area contributed by atoms with Crippen LogP contribution in [0.1, 0.15) is 8.35 Å². The van der Waals surface area contributed by atoms with Crippen LogP contribution in [-0.2, 0) is 9.53 Å². The Labute approximate surface area is 99.7 Å². The Morgan fingerprint density at radius 1 is 1.91 bits per heavy atom. The minimum Gasteiger partial charge on any atom is -1.00 e. The van der Waals surface area contributed by atoms with Gasteiger partial charge < -0.3 is 11.3 Å². The summed E-state index contributed by atoms with van der Waals surface area (Å²) >= 11 is 8.26. The summed E-state index contributed by atoms with van der Waals surface area (Å²) in [5.74, 6) is -1.08. The molecule has 60 valence electrons. The number of hydrogen-bond donors (Lipinski definition) is 2. The van der Waals surface area contributed by atoms with E-state index in [0.717, 1.165) is 0 Å². The van der Waals surface area contributed by atoms with Gasteiger partial charge in [0.1, 0.15) is 0 Å². The van der Waals surface area contributed by atoms with Crippen LogP contribution in [0.3, 0.4) is 0 Å². The second-order valence-electron chi connectivity index (χ2n) is 1.49. The van der Waals surface area contributed by atoms with E-state index in [-0.39, 0.29) is 36.0 Å². The second kappa shape index (κ2) is 7.36. The number of carboxylic acids is 1. The molecule has 0 spiro atoms. The van der Waals surface area contributed by atoms with E-state index in [1.54, 1.807) is 6.92 Å². The molecular formula is C5H9NaO3S2. The molecular weight excluding hydrogens is 195 g/mol. The van der Waals surface area contributed by atoms with Crippen molar-refractivity contribution in [3.05, 3.63) is 0 Å². The summed E-state index contributed by atoms with van der Waals surface area (Å²) < 4.78 is 4.74. The maximum atomic E-state index is 10.2. The largest absolute Gasteiger partial charge is 1.00 e. The first-order valence-corrected chi connectivity index (χ1v) is 3.59. The van der Waals surface area contributed by atoms with E-state index in [1.807, 2.05) is 0 Å². The summed E-state index contributed by atoms with van der Waals surface area (Å²) in [5, 5.41) is 7.36. The molecule has 0 saturated carbocycles. The molecule has 1 N–H and O–H groups in total. The Bertz CT molecular complexity index is 156. The maximum absolute atomic E-state index is 10.2. The Morgan fingerprint density at radius 3 is 2.64 bits per heavy atom. The van der Waals surface area contributed by atoms with Crippen LogP contribution in [0.15, 0.2) is 0 Å². The molecule has 11 heavy (non-hydrogen) atoms. The number of hydrogen-bond acceptors (Lipinski definition) is 4. The number of carbonyl (C=O) groups is 1. The Morgan fingerprint density at radius 2 is 2.36 bits per heavy atom. The number of thiocarbonyl (C=S) groups is 1. The van der Waals surface area contributed by atoms with E-state index < -0.39 is 11.2 Å². The van der Waals surface area contributed by atoms with Gasteiger partial charge in [-0.1, -0.05) is 0 Å². The number of rotatable bonds is 3. The van der Waals surface area contributed by atoms with Crippen LogP contribution in [0.2, 0.25) is 0 Å². The zero-order valence-electron chi connectivity index (χ0n) is 7.40. The molecule has 0 rings (SSSR count). The Hall–Kier alpha value is 0.710. The molecule has 0 aliphatic rings. The first-order chi connectivity index (χ1) is 4.59. The van der Waals surface area contributed by atoms with Gasteiger partial charge in [0, 0.05) is 0 Å². The van der Waals surface area contributed by atoms with Crippen molar-refractivity contribution in [2.75, 3.05) is 6.61 Å². The van der Waals surface area contributed by atoms with Gasteiger partial charge in [-0.15, -0.1) is 0 Å². The van der Waals surface area contributed by atoms with E-state index in [2.05, 4.69) is 24.8 Å². The van der Waals surface area contributed by atoms with Crippen LogP contribution in [0.5, 0.6) is 0 Å².